The van der Waals surface area contributed by atoms with Crippen LogP contribution in [0.5, 0.6) is 0 Å². The molecule has 1 aromatic heterocycles. The number of nitro groups is 1. The summed E-state index contributed by atoms with van der Waals surface area (Å²) in [6.45, 7) is 6.19. The highest BCUT2D eigenvalue weighted by molar-refractivity contribution is 7.91. The predicted molar refractivity (Wildman–Crippen MR) is 80.9 cm³/mol. The molecule has 2 heterocycles. The second-order valence-corrected chi connectivity index (χ2v) is 8.35. The van der Waals surface area contributed by atoms with Crippen LogP contribution in [0, 0.1) is 10.1 Å². The van der Waals surface area contributed by atoms with Gasteiger partial charge in [0.2, 0.25) is 0 Å². The van der Waals surface area contributed by atoms with Gasteiger partial charge in [-0.05, 0) is 13.8 Å². The van der Waals surface area contributed by atoms with Gasteiger partial charge in [0.05, 0.1) is 4.92 Å². The van der Waals surface area contributed by atoms with Gasteiger partial charge in [0, 0.05) is 38.3 Å². The van der Waals surface area contributed by atoms with Crippen molar-refractivity contribution >= 4 is 32.0 Å². The van der Waals surface area contributed by atoms with Crippen LogP contribution < -0.4 is 5.73 Å². The Morgan fingerprint density at radius 3 is 2.33 bits per heavy atom. The molecule has 0 saturated carbocycles. The van der Waals surface area contributed by atoms with E-state index in [-0.39, 0.29) is 14.9 Å². The Hall–Kier alpha value is -1.23. The first kappa shape index (κ1) is 16.1. The summed E-state index contributed by atoms with van der Waals surface area (Å²) >= 11 is 0.743. The van der Waals surface area contributed by atoms with Crippen LogP contribution in [0.4, 0.5) is 10.7 Å². The Kier molecular flexibility index (Phi) is 4.51. The maximum Gasteiger partial charge on any atom is 0.304 e. The van der Waals surface area contributed by atoms with Crippen molar-refractivity contribution in [2.75, 3.05) is 31.9 Å². The van der Waals surface area contributed by atoms with E-state index in [4.69, 9.17) is 5.73 Å². The largest absolute Gasteiger partial charge is 0.385 e. The minimum Gasteiger partial charge on any atom is -0.385 e. The predicted octanol–water partition coefficient (Wildman–Crippen LogP) is 0.953. The van der Waals surface area contributed by atoms with Gasteiger partial charge in [-0.2, -0.15) is 4.31 Å². The van der Waals surface area contributed by atoms with Gasteiger partial charge in [-0.3, -0.25) is 15.0 Å². The molecular weight excluding hydrogens is 316 g/mol. The van der Waals surface area contributed by atoms with Crippen LogP contribution in [0.15, 0.2) is 10.3 Å². The number of hydrogen-bond donors (Lipinski definition) is 1. The number of rotatable bonds is 4. The topological polar surface area (TPSA) is 110 Å². The SMILES string of the molecule is CC(C)N1CCN(S(=O)(=O)c2cc([N+](=O)[O-])c(N)s2)CC1. The van der Waals surface area contributed by atoms with Crippen LogP contribution in [0.3, 0.4) is 0 Å². The van der Waals surface area contributed by atoms with Crippen molar-refractivity contribution in [1.29, 1.82) is 0 Å². The van der Waals surface area contributed by atoms with E-state index in [1.54, 1.807) is 0 Å². The van der Waals surface area contributed by atoms with Crippen LogP contribution >= 0.6 is 11.3 Å². The van der Waals surface area contributed by atoms with Gasteiger partial charge in [-0.25, -0.2) is 8.42 Å². The van der Waals surface area contributed by atoms with E-state index >= 15 is 0 Å². The molecule has 2 rings (SSSR count). The number of thiophene rings is 1. The van der Waals surface area contributed by atoms with E-state index < -0.39 is 14.9 Å². The third-order valence-corrected chi connectivity index (χ3v) is 6.81. The molecule has 0 amide bonds. The summed E-state index contributed by atoms with van der Waals surface area (Å²) in [4.78, 5) is 12.3. The van der Waals surface area contributed by atoms with Crippen molar-refractivity contribution in [3.63, 3.8) is 0 Å². The lowest BCUT2D eigenvalue weighted by molar-refractivity contribution is -0.383. The number of nitrogen functional groups attached to an aromatic ring is 1. The van der Waals surface area contributed by atoms with Crippen molar-refractivity contribution in [2.24, 2.45) is 0 Å². The highest BCUT2D eigenvalue weighted by Gasteiger charge is 2.32. The zero-order valence-corrected chi connectivity index (χ0v) is 13.5. The quantitative estimate of drug-likeness (QED) is 0.648. The Morgan fingerprint density at radius 2 is 1.90 bits per heavy atom. The molecule has 10 heteroatoms. The number of anilines is 1. The van der Waals surface area contributed by atoms with Gasteiger partial charge >= 0.3 is 5.69 Å². The third-order valence-electron chi connectivity index (χ3n) is 3.51. The van der Waals surface area contributed by atoms with Crippen molar-refractivity contribution < 1.29 is 13.3 Å². The van der Waals surface area contributed by atoms with Crippen molar-refractivity contribution in [3.8, 4) is 0 Å². The number of sulfonamides is 1. The number of nitrogens with zero attached hydrogens (tertiary/aromatic N) is 3. The first-order chi connectivity index (χ1) is 9.73. The van der Waals surface area contributed by atoms with E-state index in [1.165, 1.54) is 4.31 Å². The van der Waals surface area contributed by atoms with Gasteiger partial charge in [-0.1, -0.05) is 11.3 Å². The molecular formula is C11H18N4O4S2. The lowest BCUT2D eigenvalue weighted by Gasteiger charge is -2.35. The summed E-state index contributed by atoms with van der Waals surface area (Å²) in [5.74, 6) is 0. The molecule has 1 fully saturated rings. The minimum atomic E-state index is -3.71. The normalized spacial score (nSPS) is 18.2. The summed E-state index contributed by atoms with van der Waals surface area (Å²) < 4.78 is 26.3. The van der Waals surface area contributed by atoms with Crippen LogP contribution in [0.1, 0.15) is 13.8 Å². The summed E-state index contributed by atoms with van der Waals surface area (Å²) in [5.41, 5.74) is 5.17. The fourth-order valence-electron chi connectivity index (χ4n) is 2.23. The minimum absolute atomic E-state index is 0.0651. The van der Waals surface area contributed by atoms with Crippen LogP contribution in [0.2, 0.25) is 0 Å². The molecule has 8 nitrogen and oxygen atoms in total. The fraction of sp³-hybridized carbons (Fsp3) is 0.636. The monoisotopic (exact) mass is 334 g/mol. The number of nitrogens with two attached hydrogens (primary N) is 1. The second-order valence-electron chi connectivity index (χ2n) is 5.11. The van der Waals surface area contributed by atoms with Crippen LogP contribution in [0.25, 0.3) is 0 Å². The van der Waals surface area contributed by atoms with Gasteiger partial charge in [0.25, 0.3) is 10.0 Å². The highest BCUT2D eigenvalue weighted by atomic mass is 32.2. The molecule has 118 valence electrons. The third kappa shape index (κ3) is 3.18. The van der Waals surface area contributed by atoms with Crippen molar-refractivity contribution in [2.45, 2.75) is 24.1 Å². The molecule has 0 unspecified atom stereocenters. The van der Waals surface area contributed by atoms with Gasteiger partial charge in [-0.15, -0.1) is 0 Å². The summed E-state index contributed by atoms with van der Waals surface area (Å²) in [7, 11) is -3.71. The molecule has 21 heavy (non-hydrogen) atoms. The molecule has 0 atom stereocenters. The first-order valence-electron chi connectivity index (χ1n) is 6.51. The molecule has 2 N–H and O–H groups in total. The van der Waals surface area contributed by atoms with E-state index in [0.717, 1.165) is 17.4 Å². The molecule has 0 aromatic carbocycles. The maximum absolute atomic E-state index is 12.5. The lowest BCUT2D eigenvalue weighted by atomic mass is 10.3. The first-order valence-corrected chi connectivity index (χ1v) is 8.77. The number of piperazine rings is 1. The fourth-order valence-corrected chi connectivity index (χ4v) is 5.02. The zero-order chi connectivity index (χ0) is 15.8. The molecule has 1 aliphatic rings. The summed E-state index contributed by atoms with van der Waals surface area (Å²) in [6, 6.07) is 1.41. The molecule has 0 aliphatic carbocycles. The molecule has 0 radical (unpaired) electrons. The Balaban J connectivity index is 2.20. The Labute approximate surface area is 127 Å². The summed E-state index contributed by atoms with van der Waals surface area (Å²) in [5, 5.41) is 10.7. The second kappa shape index (κ2) is 5.87. The van der Waals surface area contributed by atoms with E-state index in [2.05, 4.69) is 18.7 Å². The Bertz CT molecular complexity index is 633. The Morgan fingerprint density at radius 1 is 1.33 bits per heavy atom. The maximum atomic E-state index is 12.5. The van der Waals surface area contributed by atoms with Crippen molar-refractivity contribution in [1.82, 2.24) is 9.21 Å². The zero-order valence-electron chi connectivity index (χ0n) is 11.9. The van der Waals surface area contributed by atoms with E-state index in [1.807, 2.05) is 0 Å². The molecule has 0 spiro atoms. The van der Waals surface area contributed by atoms with E-state index in [0.29, 0.717) is 32.2 Å². The molecule has 1 aliphatic heterocycles. The van der Waals surface area contributed by atoms with Gasteiger partial charge in [0.1, 0.15) is 4.21 Å². The smallest absolute Gasteiger partial charge is 0.304 e. The number of hydrogen-bond acceptors (Lipinski definition) is 7. The van der Waals surface area contributed by atoms with Crippen molar-refractivity contribution in [3.05, 3.63) is 16.2 Å². The molecule has 1 saturated heterocycles. The van der Waals surface area contributed by atoms with E-state index in [9.17, 15) is 18.5 Å². The lowest BCUT2D eigenvalue weighted by Crippen LogP contribution is -2.50. The standard InChI is InChI=1S/C11H18N4O4S2/c1-8(2)13-3-5-14(6-4-13)21(18,19)10-7-9(15(16)17)11(12)20-10/h7-8H,3-6,12H2,1-2H3. The average Bonchev–Trinajstić information content (AvgIpc) is 2.82. The molecule has 0 bridgehead atoms. The van der Waals surface area contributed by atoms with Crippen LogP contribution in [-0.4, -0.2) is 54.8 Å². The van der Waals surface area contributed by atoms with Crippen LogP contribution in [-0.2, 0) is 10.0 Å². The highest BCUT2D eigenvalue weighted by Crippen LogP contribution is 2.36. The average molecular weight is 334 g/mol. The molecule has 1 aromatic rings. The summed E-state index contributed by atoms with van der Waals surface area (Å²) in [6.07, 6.45) is 0. The van der Waals surface area contributed by atoms with Gasteiger partial charge < -0.3 is 5.73 Å². The van der Waals surface area contributed by atoms with Gasteiger partial charge in [0.15, 0.2) is 5.00 Å².